The number of ether oxygens (including phenoxy) is 3. The zero-order valence-corrected chi connectivity index (χ0v) is 16.6. The van der Waals surface area contributed by atoms with E-state index < -0.39 is 45.4 Å². The molecule has 0 aliphatic carbocycles. The molecular weight excluding hydrogens is 474 g/mol. The van der Waals surface area contributed by atoms with Crippen molar-refractivity contribution in [2.24, 2.45) is 0 Å². The van der Waals surface area contributed by atoms with Crippen molar-refractivity contribution in [3.05, 3.63) is 42.0 Å². The molecule has 1 N–H and O–H groups in total. The van der Waals surface area contributed by atoms with E-state index in [1.807, 2.05) is 0 Å². The van der Waals surface area contributed by atoms with Gasteiger partial charge in [0.05, 0.1) is 12.2 Å². The van der Waals surface area contributed by atoms with Gasteiger partial charge >= 0.3 is 23.9 Å². The number of fused-ring (bicyclic) bond motifs is 1. The normalized spacial score (nSPS) is 17.3. The van der Waals surface area contributed by atoms with Crippen LogP contribution in [0.25, 0.3) is 10.8 Å². The van der Waals surface area contributed by atoms with Crippen molar-refractivity contribution in [2.45, 2.75) is 24.1 Å². The molecule has 32 heavy (non-hydrogen) atoms. The Labute approximate surface area is 176 Å². The lowest BCUT2D eigenvalue weighted by molar-refractivity contribution is -0.356. The maximum atomic E-state index is 13.4. The molecule has 7 nitrogen and oxygen atoms in total. The molecular formula is C18H14F6O7S. The van der Waals surface area contributed by atoms with Crippen LogP contribution >= 0.6 is 0 Å². The third kappa shape index (κ3) is 5.07. The summed E-state index contributed by atoms with van der Waals surface area (Å²) in [6, 6.07) is 7.60. The highest BCUT2D eigenvalue weighted by molar-refractivity contribution is 7.85. The number of hydrogen-bond acceptors (Lipinski definition) is 6. The Bertz CT molecular complexity index is 1110. The van der Waals surface area contributed by atoms with Crippen LogP contribution in [-0.2, 0) is 19.6 Å². The number of carbonyl (C=O) groups is 1. The van der Waals surface area contributed by atoms with Gasteiger partial charge in [-0.3, -0.25) is 4.55 Å². The second kappa shape index (κ2) is 8.08. The maximum Gasteiger partial charge on any atom is 0.438 e. The van der Waals surface area contributed by atoms with E-state index in [1.165, 1.54) is 30.3 Å². The average Bonchev–Trinajstić information content (AvgIpc) is 3.46. The first kappa shape index (κ1) is 24.1. The second-order valence-electron chi connectivity index (χ2n) is 6.89. The van der Waals surface area contributed by atoms with Crippen molar-refractivity contribution >= 4 is 26.9 Å². The third-order valence-electron chi connectivity index (χ3n) is 4.48. The average molecular weight is 488 g/mol. The van der Waals surface area contributed by atoms with Crippen LogP contribution in [0.4, 0.5) is 26.3 Å². The molecule has 1 fully saturated rings. The van der Waals surface area contributed by atoms with Crippen molar-refractivity contribution in [1.82, 2.24) is 0 Å². The first-order valence-electron chi connectivity index (χ1n) is 8.72. The van der Waals surface area contributed by atoms with Crippen LogP contribution in [0.15, 0.2) is 36.4 Å². The predicted molar refractivity (Wildman–Crippen MR) is 95.9 cm³/mol. The van der Waals surface area contributed by atoms with Crippen molar-refractivity contribution in [2.75, 3.05) is 19.0 Å². The van der Waals surface area contributed by atoms with Gasteiger partial charge in [0.25, 0.3) is 10.1 Å². The molecule has 14 heteroatoms. The van der Waals surface area contributed by atoms with E-state index in [0.29, 0.717) is 6.61 Å². The van der Waals surface area contributed by atoms with Crippen LogP contribution in [0.5, 0.6) is 5.75 Å². The van der Waals surface area contributed by atoms with Gasteiger partial charge in [-0.25, -0.2) is 4.79 Å². The number of epoxide rings is 1. The number of halogens is 6. The number of alkyl halides is 6. The quantitative estimate of drug-likeness (QED) is 0.275. The number of rotatable bonds is 7. The molecule has 0 amide bonds. The Morgan fingerprint density at radius 3 is 2.25 bits per heavy atom. The van der Waals surface area contributed by atoms with Crippen molar-refractivity contribution in [3.8, 4) is 5.75 Å². The molecule has 2 aromatic carbocycles. The Balaban J connectivity index is 2.04. The number of hydrogen-bond donors (Lipinski definition) is 1. The van der Waals surface area contributed by atoms with Crippen molar-refractivity contribution in [3.63, 3.8) is 0 Å². The van der Waals surface area contributed by atoms with Gasteiger partial charge in [0.1, 0.15) is 24.2 Å². The molecule has 1 atom stereocenters. The first-order chi connectivity index (χ1) is 14.6. The Morgan fingerprint density at radius 1 is 1.09 bits per heavy atom. The topological polar surface area (TPSA) is 102 Å². The van der Waals surface area contributed by atoms with E-state index in [1.54, 1.807) is 0 Å². The summed E-state index contributed by atoms with van der Waals surface area (Å²) in [6.07, 6.45) is -13.0. The van der Waals surface area contributed by atoms with E-state index >= 15 is 0 Å². The summed E-state index contributed by atoms with van der Waals surface area (Å²) in [5.74, 6) is -4.90. The highest BCUT2D eigenvalue weighted by atomic mass is 32.2. The lowest BCUT2D eigenvalue weighted by atomic mass is 10.0. The molecule has 1 saturated heterocycles. The molecule has 0 aromatic heterocycles. The Kier molecular flexibility index (Phi) is 6.08. The van der Waals surface area contributed by atoms with Crippen molar-refractivity contribution < 1.29 is 58.3 Å². The SMILES string of the molecule is O=C(OC(CS(=O)(=O)O)(C(F)(F)F)C(F)(F)F)c1cccc2ccc(OCC3CO3)cc12. The fourth-order valence-corrected chi connectivity index (χ4v) is 3.71. The molecule has 0 bridgehead atoms. The standard InChI is InChI=1S/C18H14F6O7S/c19-17(20,21)16(18(22,23)24,9-32(26,27)28)31-15(25)13-3-1-2-10-4-5-11(6-14(10)13)29-7-12-8-30-12/h1-6,12H,7-9H2,(H,26,27,28). The van der Waals surface area contributed by atoms with Gasteiger partial charge in [0.15, 0.2) is 0 Å². The summed E-state index contributed by atoms with van der Waals surface area (Å²) in [7, 11) is -5.88. The molecule has 0 spiro atoms. The second-order valence-corrected chi connectivity index (χ2v) is 8.35. The summed E-state index contributed by atoms with van der Waals surface area (Å²) in [4.78, 5) is 12.5. The van der Waals surface area contributed by atoms with E-state index in [4.69, 9.17) is 14.0 Å². The maximum absolute atomic E-state index is 13.4. The van der Waals surface area contributed by atoms with Crippen LogP contribution in [-0.4, -0.2) is 62.0 Å². The van der Waals surface area contributed by atoms with Gasteiger partial charge in [-0.15, -0.1) is 0 Å². The van der Waals surface area contributed by atoms with Crippen LogP contribution in [0.3, 0.4) is 0 Å². The molecule has 1 heterocycles. The molecule has 0 radical (unpaired) electrons. The predicted octanol–water partition coefficient (Wildman–Crippen LogP) is 3.53. The zero-order chi connectivity index (χ0) is 23.9. The monoisotopic (exact) mass is 488 g/mol. The molecule has 3 rings (SSSR count). The summed E-state index contributed by atoms with van der Waals surface area (Å²) in [5.41, 5.74) is -6.20. The van der Waals surface area contributed by atoms with Gasteiger partial charge in [-0.1, -0.05) is 18.2 Å². The van der Waals surface area contributed by atoms with Crippen LogP contribution < -0.4 is 4.74 Å². The first-order valence-corrected chi connectivity index (χ1v) is 10.3. The molecule has 0 saturated carbocycles. The minimum absolute atomic E-state index is 0.100. The minimum Gasteiger partial charge on any atom is -0.491 e. The zero-order valence-electron chi connectivity index (χ0n) is 15.7. The van der Waals surface area contributed by atoms with Crippen LogP contribution in [0.1, 0.15) is 10.4 Å². The molecule has 1 aliphatic rings. The largest absolute Gasteiger partial charge is 0.491 e. The Morgan fingerprint density at radius 2 is 1.72 bits per heavy atom. The smallest absolute Gasteiger partial charge is 0.438 e. The number of esters is 1. The van der Waals surface area contributed by atoms with Crippen LogP contribution in [0, 0.1) is 0 Å². The molecule has 2 aromatic rings. The lowest BCUT2D eigenvalue weighted by Gasteiger charge is -2.35. The lowest BCUT2D eigenvalue weighted by Crippen LogP contribution is -2.63. The van der Waals surface area contributed by atoms with E-state index in [2.05, 4.69) is 4.74 Å². The van der Waals surface area contributed by atoms with Crippen molar-refractivity contribution in [1.29, 1.82) is 0 Å². The summed E-state index contributed by atoms with van der Waals surface area (Å²) in [5, 5.41) is 0.158. The highest BCUT2D eigenvalue weighted by Gasteiger charge is 2.76. The summed E-state index contributed by atoms with van der Waals surface area (Å²) in [6.45, 7) is 0.605. The van der Waals surface area contributed by atoms with E-state index in [0.717, 1.165) is 6.07 Å². The van der Waals surface area contributed by atoms with Gasteiger partial charge in [-0.2, -0.15) is 34.8 Å². The van der Waals surface area contributed by atoms with Crippen LogP contribution in [0.2, 0.25) is 0 Å². The van der Waals surface area contributed by atoms with Gasteiger partial charge in [-0.05, 0) is 29.0 Å². The Hall–Kier alpha value is -2.58. The van der Waals surface area contributed by atoms with Gasteiger partial charge < -0.3 is 14.2 Å². The summed E-state index contributed by atoms with van der Waals surface area (Å²) < 4.78 is 125. The molecule has 176 valence electrons. The summed E-state index contributed by atoms with van der Waals surface area (Å²) >= 11 is 0. The van der Waals surface area contributed by atoms with E-state index in [9.17, 15) is 39.6 Å². The molecule has 1 aliphatic heterocycles. The number of benzene rings is 2. The fraction of sp³-hybridized carbons (Fsp3) is 0.389. The minimum atomic E-state index is -6.42. The highest BCUT2D eigenvalue weighted by Crippen LogP contribution is 2.47. The fourth-order valence-electron chi connectivity index (χ4n) is 2.81. The third-order valence-corrected chi connectivity index (χ3v) is 5.25. The van der Waals surface area contributed by atoms with Gasteiger partial charge in [0, 0.05) is 0 Å². The van der Waals surface area contributed by atoms with E-state index in [-0.39, 0.29) is 29.2 Å². The number of carbonyl (C=O) groups excluding carboxylic acids is 1. The van der Waals surface area contributed by atoms with Gasteiger partial charge in [0.2, 0.25) is 0 Å². The molecule has 1 unspecified atom stereocenters.